The molecule has 8 heteroatoms. The minimum atomic E-state index is -1.50. The second-order valence-electron chi connectivity index (χ2n) is 5.71. The normalized spacial score (nSPS) is 11.2. The zero-order valence-electron chi connectivity index (χ0n) is 15.0. The summed E-state index contributed by atoms with van der Waals surface area (Å²) in [7, 11) is 2.63. The van der Waals surface area contributed by atoms with Crippen LogP contribution in [-0.2, 0) is 16.2 Å². The van der Waals surface area contributed by atoms with E-state index >= 15 is 0 Å². The number of carbonyl (C=O) groups excluding carboxylic acids is 3. The van der Waals surface area contributed by atoms with E-state index in [1.165, 1.54) is 31.7 Å². The summed E-state index contributed by atoms with van der Waals surface area (Å²) in [6, 6.07) is 14.5. The van der Waals surface area contributed by atoms with Gasteiger partial charge < -0.3 is 15.0 Å². The van der Waals surface area contributed by atoms with Crippen molar-refractivity contribution >= 4 is 17.7 Å². The van der Waals surface area contributed by atoms with Gasteiger partial charge in [-0.15, -0.1) is 0 Å². The van der Waals surface area contributed by atoms with Gasteiger partial charge in [-0.3, -0.25) is 19.6 Å². The SMILES string of the molecule is CNC(=O)C(C(=O)NO)N(C)C(=O)c1ccc(OCc2ccccc2)cc1. The van der Waals surface area contributed by atoms with E-state index in [1.54, 1.807) is 12.1 Å². The lowest BCUT2D eigenvalue weighted by molar-refractivity contribution is -0.140. The Morgan fingerprint density at radius 1 is 1.04 bits per heavy atom. The summed E-state index contributed by atoms with van der Waals surface area (Å²) in [5.41, 5.74) is 2.68. The minimum absolute atomic E-state index is 0.268. The van der Waals surface area contributed by atoms with Crippen LogP contribution in [0.4, 0.5) is 0 Å². The van der Waals surface area contributed by atoms with Crippen LogP contribution < -0.4 is 15.5 Å². The molecule has 0 heterocycles. The number of likely N-dealkylation sites (N-methyl/N-ethyl adjacent to an activating group) is 2. The summed E-state index contributed by atoms with van der Waals surface area (Å²) < 4.78 is 5.66. The molecule has 0 aliphatic rings. The second kappa shape index (κ2) is 9.35. The quantitative estimate of drug-likeness (QED) is 0.382. The lowest BCUT2D eigenvalue weighted by Gasteiger charge is -2.25. The highest BCUT2D eigenvalue weighted by molar-refractivity contribution is 6.08. The summed E-state index contributed by atoms with van der Waals surface area (Å²) in [5.74, 6) is -1.70. The van der Waals surface area contributed by atoms with Gasteiger partial charge in [-0.05, 0) is 29.8 Å². The number of nitrogens with one attached hydrogen (secondary N) is 2. The van der Waals surface area contributed by atoms with Crippen LogP contribution in [0.3, 0.4) is 0 Å². The third-order valence-electron chi connectivity index (χ3n) is 3.91. The molecule has 3 amide bonds. The van der Waals surface area contributed by atoms with Crippen molar-refractivity contribution in [1.82, 2.24) is 15.7 Å². The molecule has 0 fully saturated rings. The topological polar surface area (TPSA) is 108 Å². The molecule has 0 saturated carbocycles. The second-order valence-corrected chi connectivity index (χ2v) is 5.71. The Morgan fingerprint density at radius 3 is 2.22 bits per heavy atom. The van der Waals surface area contributed by atoms with Crippen LogP contribution in [0.2, 0.25) is 0 Å². The fourth-order valence-electron chi connectivity index (χ4n) is 2.42. The van der Waals surface area contributed by atoms with Crippen LogP contribution in [0.5, 0.6) is 5.75 Å². The fourth-order valence-corrected chi connectivity index (χ4v) is 2.42. The smallest absolute Gasteiger partial charge is 0.275 e. The van der Waals surface area contributed by atoms with Crippen LogP contribution in [0.25, 0.3) is 0 Å². The summed E-state index contributed by atoms with van der Waals surface area (Å²) in [4.78, 5) is 37.1. The molecule has 2 rings (SSSR count). The van der Waals surface area contributed by atoms with E-state index in [-0.39, 0.29) is 5.56 Å². The fraction of sp³-hybridized carbons (Fsp3) is 0.211. The van der Waals surface area contributed by atoms with Gasteiger partial charge in [-0.2, -0.15) is 0 Å². The summed E-state index contributed by atoms with van der Waals surface area (Å²) in [6.45, 7) is 0.392. The lowest BCUT2D eigenvalue weighted by Crippen LogP contribution is -2.54. The number of hydrogen-bond acceptors (Lipinski definition) is 5. The Labute approximate surface area is 156 Å². The van der Waals surface area contributed by atoms with Crippen LogP contribution in [0.15, 0.2) is 54.6 Å². The number of rotatable bonds is 7. The Balaban J connectivity index is 2.07. The highest BCUT2D eigenvalue weighted by Gasteiger charge is 2.33. The number of carbonyl (C=O) groups is 3. The van der Waals surface area contributed by atoms with Gasteiger partial charge in [0.2, 0.25) is 0 Å². The Bertz CT molecular complexity index is 777. The van der Waals surface area contributed by atoms with Crippen molar-refractivity contribution in [2.75, 3.05) is 14.1 Å². The number of hydrogen-bond donors (Lipinski definition) is 3. The van der Waals surface area contributed by atoms with Crippen LogP contribution >= 0.6 is 0 Å². The monoisotopic (exact) mass is 371 g/mol. The molecule has 0 bridgehead atoms. The van der Waals surface area contributed by atoms with Crippen molar-refractivity contribution < 1.29 is 24.3 Å². The molecule has 0 spiro atoms. The van der Waals surface area contributed by atoms with Crippen LogP contribution in [0, 0.1) is 0 Å². The standard InChI is InChI=1S/C19H21N3O5/c1-20-17(23)16(18(24)21-26)22(2)19(25)14-8-10-15(11-9-14)27-12-13-6-4-3-5-7-13/h3-11,16,26H,12H2,1-2H3,(H,20,23)(H,21,24). The third kappa shape index (κ3) is 5.05. The number of nitrogens with zero attached hydrogens (tertiary/aromatic N) is 1. The van der Waals surface area contributed by atoms with Gasteiger partial charge in [0.1, 0.15) is 12.4 Å². The van der Waals surface area contributed by atoms with E-state index in [2.05, 4.69) is 5.32 Å². The van der Waals surface area contributed by atoms with E-state index in [4.69, 9.17) is 9.94 Å². The van der Waals surface area contributed by atoms with Crippen molar-refractivity contribution in [2.45, 2.75) is 12.6 Å². The molecule has 27 heavy (non-hydrogen) atoms. The molecule has 1 unspecified atom stereocenters. The van der Waals surface area contributed by atoms with Gasteiger partial charge in [0.05, 0.1) is 0 Å². The van der Waals surface area contributed by atoms with Crippen molar-refractivity contribution in [3.63, 3.8) is 0 Å². The average Bonchev–Trinajstić information content (AvgIpc) is 2.72. The van der Waals surface area contributed by atoms with Crippen molar-refractivity contribution in [3.8, 4) is 5.75 Å². The molecule has 142 valence electrons. The Kier molecular flexibility index (Phi) is 6.90. The lowest BCUT2D eigenvalue weighted by atomic mass is 10.1. The molecule has 0 aliphatic carbocycles. The molecular weight excluding hydrogens is 350 g/mol. The number of amides is 3. The largest absolute Gasteiger partial charge is 0.489 e. The molecule has 2 aromatic rings. The van der Waals surface area contributed by atoms with Gasteiger partial charge in [0.15, 0.2) is 6.04 Å². The molecule has 0 aromatic heterocycles. The predicted molar refractivity (Wildman–Crippen MR) is 97.1 cm³/mol. The minimum Gasteiger partial charge on any atom is -0.489 e. The first-order valence-corrected chi connectivity index (χ1v) is 8.17. The molecular formula is C19H21N3O5. The number of benzene rings is 2. The molecule has 0 aliphatic heterocycles. The molecule has 0 saturated heterocycles. The first kappa shape index (κ1) is 19.9. The maximum Gasteiger partial charge on any atom is 0.275 e. The first-order valence-electron chi connectivity index (χ1n) is 8.17. The van der Waals surface area contributed by atoms with Gasteiger partial charge >= 0.3 is 0 Å². The van der Waals surface area contributed by atoms with Crippen LogP contribution in [0.1, 0.15) is 15.9 Å². The van der Waals surface area contributed by atoms with Crippen molar-refractivity contribution in [1.29, 1.82) is 0 Å². The van der Waals surface area contributed by atoms with Crippen LogP contribution in [-0.4, -0.2) is 48.0 Å². The van der Waals surface area contributed by atoms with Crippen molar-refractivity contribution in [3.05, 3.63) is 65.7 Å². The summed E-state index contributed by atoms with van der Waals surface area (Å²) >= 11 is 0. The Morgan fingerprint density at radius 2 is 1.67 bits per heavy atom. The molecule has 8 nitrogen and oxygen atoms in total. The number of hydroxylamine groups is 1. The maximum atomic E-state index is 12.6. The van der Waals surface area contributed by atoms with Gasteiger partial charge in [0, 0.05) is 19.7 Å². The molecule has 2 aromatic carbocycles. The summed E-state index contributed by atoms with van der Waals surface area (Å²) in [5, 5.41) is 11.1. The average molecular weight is 371 g/mol. The van der Waals surface area contributed by atoms with E-state index < -0.39 is 23.8 Å². The van der Waals surface area contributed by atoms with E-state index in [1.807, 2.05) is 30.3 Å². The predicted octanol–water partition coefficient (Wildman–Crippen LogP) is 0.958. The van der Waals surface area contributed by atoms with Gasteiger partial charge in [0.25, 0.3) is 17.7 Å². The highest BCUT2D eigenvalue weighted by atomic mass is 16.5. The third-order valence-corrected chi connectivity index (χ3v) is 3.91. The van der Waals surface area contributed by atoms with E-state index in [9.17, 15) is 14.4 Å². The molecule has 3 N–H and O–H groups in total. The first-order chi connectivity index (χ1) is 13.0. The highest BCUT2D eigenvalue weighted by Crippen LogP contribution is 2.16. The van der Waals surface area contributed by atoms with E-state index in [0.717, 1.165) is 10.5 Å². The van der Waals surface area contributed by atoms with Gasteiger partial charge in [-0.25, -0.2) is 5.48 Å². The van der Waals surface area contributed by atoms with E-state index in [0.29, 0.717) is 12.4 Å². The van der Waals surface area contributed by atoms with Gasteiger partial charge in [-0.1, -0.05) is 30.3 Å². The Hall–Kier alpha value is -3.39. The summed E-state index contributed by atoms with van der Waals surface area (Å²) in [6.07, 6.45) is 0. The maximum absolute atomic E-state index is 12.6. The zero-order chi connectivity index (χ0) is 19.8. The molecule has 1 atom stereocenters. The zero-order valence-corrected chi connectivity index (χ0v) is 15.0. The van der Waals surface area contributed by atoms with Crippen molar-refractivity contribution in [2.24, 2.45) is 0 Å². The number of ether oxygens (including phenoxy) is 1. The molecule has 0 radical (unpaired) electrons.